The zero-order valence-electron chi connectivity index (χ0n) is 16.8. The van der Waals surface area contributed by atoms with Crippen LogP contribution in [0.25, 0.3) is 11.3 Å². The Hall–Kier alpha value is -3.07. The monoisotopic (exact) mass is 447 g/mol. The predicted molar refractivity (Wildman–Crippen MR) is 113 cm³/mol. The molecule has 5 nitrogen and oxygen atoms in total. The van der Waals surface area contributed by atoms with Gasteiger partial charge in [-0.1, -0.05) is 60.3 Å². The van der Waals surface area contributed by atoms with Crippen molar-refractivity contribution in [3.8, 4) is 17.0 Å². The van der Waals surface area contributed by atoms with Gasteiger partial charge >= 0.3 is 6.18 Å². The van der Waals surface area contributed by atoms with Crippen LogP contribution in [0.4, 0.5) is 13.2 Å². The minimum Gasteiger partial charge on any atom is -0.496 e. The summed E-state index contributed by atoms with van der Waals surface area (Å²) < 4.78 is 45.3. The van der Waals surface area contributed by atoms with Crippen molar-refractivity contribution in [2.45, 2.75) is 30.1 Å². The third kappa shape index (κ3) is 5.97. The highest BCUT2D eigenvalue weighted by Crippen LogP contribution is 2.32. The lowest BCUT2D eigenvalue weighted by Crippen LogP contribution is -2.30. The van der Waals surface area contributed by atoms with E-state index in [1.807, 2.05) is 18.2 Å². The van der Waals surface area contributed by atoms with Gasteiger partial charge in [0.25, 0.3) is 0 Å². The van der Waals surface area contributed by atoms with Gasteiger partial charge in [0.1, 0.15) is 11.4 Å². The number of nitrogens with zero attached hydrogens (tertiary/aromatic N) is 2. The number of carbonyl (C=O) groups is 1. The molecule has 162 valence electrons. The summed E-state index contributed by atoms with van der Waals surface area (Å²) in [5.74, 6) is 0.287. The molecule has 1 aromatic heterocycles. The van der Waals surface area contributed by atoms with Crippen molar-refractivity contribution in [1.82, 2.24) is 15.3 Å². The summed E-state index contributed by atoms with van der Waals surface area (Å²) in [6.45, 7) is 1.82. The largest absolute Gasteiger partial charge is 0.496 e. The maximum atomic E-state index is 13.3. The van der Waals surface area contributed by atoms with Crippen molar-refractivity contribution in [2.24, 2.45) is 0 Å². The van der Waals surface area contributed by atoms with Gasteiger partial charge in [0.2, 0.25) is 5.91 Å². The average molecular weight is 447 g/mol. The van der Waals surface area contributed by atoms with Gasteiger partial charge < -0.3 is 10.1 Å². The van der Waals surface area contributed by atoms with E-state index in [1.165, 1.54) is 7.11 Å². The molecule has 1 amide bonds. The number of rotatable bonds is 7. The number of carbonyl (C=O) groups excluding carboxylic acids is 1. The lowest BCUT2D eigenvalue weighted by molar-refractivity contribution is -0.141. The molecular formula is C22H20F3N3O2S. The number of thioether (sulfide) groups is 1. The molecule has 0 radical (unpaired) electrons. The molecule has 1 heterocycles. The van der Waals surface area contributed by atoms with Crippen LogP contribution in [0.5, 0.6) is 5.75 Å². The number of nitrogens with one attached hydrogen (secondary N) is 1. The fraction of sp³-hybridized carbons (Fsp3) is 0.227. The number of ether oxygens (including phenoxy) is 1. The second-order valence-electron chi connectivity index (χ2n) is 6.57. The molecule has 3 aromatic rings. The SMILES string of the molecule is COc1ccccc1CNC(=O)[C@H](C)Sc1nc(-c2ccccc2)cc(C(F)(F)F)n1. The Morgan fingerprint density at radius 2 is 1.77 bits per heavy atom. The quantitative estimate of drug-likeness (QED) is 0.409. The fourth-order valence-corrected chi connectivity index (χ4v) is 3.58. The molecule has 0 saturated heterocycles. The Balaban J connectivity index is 1.76. The topological polar surface area (TPSA) is 64.1 Å². The molecule has 0 aliphatic rings. The van der Waals surface area contributed by atoms with E-state index in [0.29, 0.717) is 11.3 Å². The van der Waals surface area contributed by atoms with E-state index < -0.39 is 17.1 Å². The molecule has 0 fully saturated rings. The van der Waals surface area contributed by atoms with Gasteiger partial charge in [0.15, 0.2) is 5.16 Å². The van der Waals surface area contributed by atoms with Crippen LogP contribution in [0.3, 0.4) is 0 Å². The van der Waals surface area contributed by atoms with Gasteiger partial charge in [-0.3, -0.25) is 4.79 Å². The number of hydrogen-bond donors (Lipinski definition) is 1. The Morgan fingerprint density at radius 1 is 1.10 bits per heavy atom. The summed E-state index contributed by atoms with van der Waals surface area (Å²) in [5, 5.41) is 1.94. The van der Waals surface area contributed by atoms with Crippen LogP contribution in [0.1, 0.15) is 18.2 Å². The van der Waals surface area contributed by atoms with Gasteiger partial charge in [-0.2, -0.15) is 13.2 Å². The second kappa shape index (κ2) is 9.82. The normalized spacial score (nSPS) is 12.3. The number of aromatic nitrogens is 2. The van der Waals surface area contributed by atoms with Crippen LogP contribution < -0.4 is 10.1 Å². The third-order valence-electron chi connectivity index (χ3n) is 4.36. The molecule has 2 aromatic carbocycles. The minimum absolute atomic E-state index is 0.117. The van der Waals surface area contributed by atoms with E-state index in [0.717, 1.165) is 23.4 Å². The predicted octanol–water partition coefficient (Wildman–Crippen LogP) is 4.97. The van der Waals surface area contributed by atoms with Gasteiger partial charge in [0, 0.05) is 17.7 Å². The molecule has 31 heavy (non-hydrogen) atoms. The van der Waals surface area contributed by atoms with Crippen molar-refractivity contribution >= 4 is 17.7 Å². The van der Waals surface area contributed by atoms with E-state index >= 15 is 0 Å². The Kier molecular flexibility index (Phi) is 7.17. The van der Waals surface area contributed by atoms with Crippen LogP contribution in [0.2, 0.25) is 0 Å². The maximum Gasteiger partial charge on any atom is 0.433 e. The summed E-state index contributed by atoms with van der Waals surface area (Å²) in [6, 6.07) is 16.7. The summed E-state index contributed by atoms with van der Waals surface area (Å²) in [6.07, 6.45) is -4.63. The minimum atomic E-state index is -4.63. The van der Waals surface area contributed by atoms with Gasteiger partial charge in [-0.25, -0.2) is 9.97 Å². The van der Waals surface area contributed by atoms with Crippen LogP contribution >= 0.6 is 11.8 Å². The summed E-state index contributed by atoms with van der Waals surface area (Å²) in [4.78, 5) is 20.4. The highest BCUT2D eigenvalue weighted by atomic mass is 32.2. The number of benzene rings is 2. The first-order chi connectivity index (χ1) is 14.8. The van der Waals surface area contributed by atoms with Crippen molar-refractivity contribution in [2.75, 3.05) is 7.11 Å². The summed E-state index contributed by atoms with van der Waals surface area (Å²) in [7, 11) is 1.54. The zero-order valence-corrected chi connectivity index (χ0v) is 17.6. The molecule has 1 N–H and O–H groups in total. The number of para-hydroxylation sites is 1. The molecule has 0 spiro atoms. The smallest absolute Gasteiger partial charge is 0.433 e. The molecule has 1 atom stereocenters. The van der Waals surface area contributed by atoms with Crippen LogP contribution in [0.15, 0.2) is 65.8 Å². The second-order valence-corrected chi connectivity index (χ2v) is 7.88. The van der Waals surface area contributed by atoms with Crippen LogP contribution in [0, 0.1) is 0 Å². The Bertz CT molecular complexity index is 1050. The molecule has 0 bridgehead atoms. The van der Waals surface area contributed by atoms with E-state index in [2.05, 4.69) is 15.3 Å². The Morgan fingerprint density at radius 3 is 2.45 bits per heavy atom. The molecular weight excluding hydrogens is 427 g/mol. The molecule has 9 heteroatoms. The number of alkyl halides is 3. The zero-order chi connectivity index (χ0) is 22.4. The lowest BCUT2D eigenvalue weighted by Gasteiger charge is -2.14. The highest BCUT2D eigenvalue weighted by Gasteiger charge is 2.34. The van der Waals surface area contributed by atoms with E-state index in [1.54, 1.807) is 43.3 Å². The third-order valence-corrected chi connectivity index (χ3v) is 5.32. The molecule has 0 aliphatic carbocycles. The molecule has 3 rings (SSSR count). The lowest BCUT2D eigenvalue weighted by atomic mass is 10.1. The van der Waals surface area contributed by atoms with Crippen molar-refractivity contribution < 1.29 is 22.7 Å². The number of hydrogen-bond acceptors (Lipinski definition) is 5. The van der Waals surface area contributed by atoms with Gasteiger partial charge in [-0.15, -0.1) is 0 Å². The van der Waals surface area contributed by atoms with Gasteiger partial charge in [0.05, 0.1) is 18.1 Å². The standard InChI is InChI=1S/C22H20F3N3O2S/c1-14(20(29)26-13-16-10-6-7-11-18(16)30-2)31-21-27-17(15-8-4-3-5-9-15)12-19(28-21)22(23,24)25/h3-12,14H,13H2,1-2H3,(H,26,29)/t14-/m0/s1. The Labute approximate surface area is 182 Å². The van der Waals surface area contributed by atoms with Crippen molar-refractivity contribution in [3.05, 3.63) is 71.9 Å². The molecule has 0 aliphatic heterocycles. The first-order valence-corrected chi connectivity index (χ1v) is 10.2. The van der Waals surface area contributed by atoms with E-state index in [-0.39, 0.29) is 23.3 Å². The van der Waals surface area contributed by atoms with E-state index in [9.17, 15) is 18.0 Å². The van der Waals surface area contributed by atoms with Crippen LogP contribution in [-0.2, 0) is 17.5 Å². The number of amides is 1. The van der Waals surface area contributed by atoms with Gasteiger partial charge in [-0.05, 0) is 19.1 Å². The molecule has 0 unspecified atom stereocenters. The number of methoxy groups -OCH3 is 1. The first kappa shape index (κ1) is 22.6. The summed E-state index contributed by atoms with van der Waals surface area (Å²) in [5.41, 5.74) is 0.417. The summed E-state index contributed by atoms with van der Waals surface area (Å²) >= 11 is 0.870. The average Bonchev–Trinajstić information content (AvgIpc) is 2.77. The maximum absolute atomic E-state index is 13.3. The van der Waals surface area contributed by atoms with Crippen LogP contribution in [-0.4, -0.2) is 28.2 Å². The van der Waals surface area contributed by atoms with Crippen molar-refractivity contribution in [3.63, 3.8) is 0 Å². The fourth-order valence-electron chi connectivity index (χ4n) is 2.77. The van der Waals surface area contributed by atoms with E-state index in [4.69, 9.17) is 4.74 Å². The number of halogens is 3. The first-order valence-electron chi connectivity index (χ1n) is 9.36. The highest BCUT2D eigenvalue weighted by molar-refractivity contribution is 8.00. The molecule has 0 saturated carbocycles. The van der Waals surface area contributed by atoms with Crippen molar-refractivity contribution in [1.29, 1.82) is 0 Å².